The van der Waals surface area contributed by atoms with Crippen LogP contribution in [0.15, 0.2) is 83.3 Å². The Hall–Kier alpha value is -3.28. The Bertz CT molecular complexity index is 1260. The van der Waals surface area contributed by atoms with Crippen molar-refractivity contribution in [1.29, 1.82) is 0 Å². The second kappa shape index (κ2) is 9.69. The quantitative estimate of drug-likeness (QED) is 0.374. The Kier molecular flexibility index (Phi) is 6.33. The molecule has 1 saturated heterocycles. The highest BCUT2D eigenvalue weighted by Gasteiger charge is 2.24. The first-order valence-corrected chi connectivity index (χ1v) is 11.5. The SMILES string of the molecule is O=C(c1ccc(COc2ccc3ccccc3c2)o1)N1CCN(Cc2cccc(Cl)c2)CC1. The lowest BCUT2D eigenvalue weighted by Crippen LogP contribution is -2.48. The van der Waals surface area contributed by atoms with Gasteiger partial charge in [0, 0.05) is 37.7 Å². The predicted octanol–water partition coefficient (Wildman–Crippen LogP) is 5.62. The number of halogens is 1. The van der Waals surface area contributed by atoms with Gasteiger partial charge in [-0.1, -0.05) is 54.1 Å². The van der Waals surface area contributed by atoms with Gasteiger partial charge in [-0.25, -0.2) is 0 Å². The van der Waals surface area contributed by atoms with E-state index in [0.717, 1.165) is 35.8 Å². The molecule has 6 heteroatoms. The first-order chi connectivity index (χ1) is 16.1. The molecule has 0 saturated carbocycles. The van der Waals surface area contributed by atoms with Crippen LogP contribution in [0.3, 0.4) is 0 Å². The number of nitrogens with zero attached hydrogens (tertiary/aromatic N) is 2. The molecule has 2 heterocycles. The number of carbonyl (C=O) groups is 1. The molecular formula is C27H25ClN2O3. The summed E-state index contributed by atoms with van der Waals surface area (Å²) in [7, 11) is 0. The van der Waals surface area contributed by atoms with Gasteiger partial charge in [0.05, 0.1) is 0 Å². The molecule has 0 atom stereocenters. The van der Waals surface area contributed by atoms with E-state index in [-0.39, 0.29) is 12.5 Å². The number of hydrogen-bond donors (Lipinski definition) is 0. The number of furan rings is 1. The minimum atomic E-state index is -0.0747. The molecule has 0 unspecified atom stereocenters. The van der Waals surface area contributed by atoms with E-state index in [1.54, 1.807) is 6.07 Å². The van der Waals surface area contributed by atoms with E-state index in [4.69, 9.17) is 20.8 Å². The number of amides is 1. The normalized spacial score (nSPS) is 14.5. The summed E-state index contributed by atoms with van der Waals surface area (Å²) >= 11 is 6.09. The molecular weight excluding hydrogens is 436 g/mol. The second-order valence-corrected chi connectivity index (χ2v) is 8.70. The smallest absolute Gasteiger partial charge is 0.289 e. The third-order valence-electron chi connectivity index (χ3n) is 5.93. The molecule has 168 valence electrons. The van der Waals surface area contributed by atoms with Crippen molar-refractivity contribution in [2.24, 2.45) is 0 Å². The number of piperazine rings is 1. The lowest BCUT2D eigenvalue weighted by atomic mass is 10.1. The van der Waals surface area contributed by atoms with Crippen molar-refractivity contribution in [2.45, 2.75) is 13.2 Å². The van der Waals surface area contributed by atoms with Gasteiger partial charge in [0.15, 0.2) is 5.76 Å². The molecule has 0 spiro atoms. The largest absolute Gasteiger partial charge is 0.486 e. The maximum Gasteiger partial charge on any atom is 0.289 e. The van der Waals surface area contributed by atoms with Gasteiger partial charge < -0.3 is 14.1 Å². The summed E-state index contributed by atoms with van der Waals surface area (Å²) in [5, 5.41) is 3.04. The highest BCUT2D eigenvalue weighted by Crippen LogP contribution is 2.22. The van der Waals surface area contributed by atoms with E-state index in [9.17, 15) is 4.79 Å². The van der Waals surface area contributed by atoms with Crippen LogP contribution in [0.25, 0.3) is 10.8 Å². The summed E-state index contributed by atoms with van der Waals surface area (Å²) in [6.07, 6.45) is 0. The monoisotopic (exact) mass is 460 g/mol. The van der Waals surface area contributed by atoms with Crippen molar-refractivity contribution in [2.75, 3.05) is 26.2 Å². The second-order valence-electron chi connectivity index (χ2n) is 8.26. The molecule has 0 bridgehead atoms. The number of fused-ring (bicyclic) bond motifs is 1. The van der Waals surface area contributed by atoms with E-state index in [1.165, 1.54) is 10.9 Å². The lowest BCUT2D eigenvalue weighted by Gasteiger charge is -2.34. The molecule has 3 aromatic carbocycles. The molecule has 5 rings (SSSR count). The molecule has 33 heavy (non-hydrogen) atoms. The Morgan fingerprint density at radius 1 is 0.879 bits per heavy atom. The molecule has 0 radical (unpaired) electrons. The van der Waals surface area contributed by atoms with Gasteiger partial charge in [-0.15, -0.1) is 0 Å². The van der Waals surface area contributed by atoms with E-state index in [2.05, 4.69) is 23.1 Å². The Balaban J connectivity index is 1.14. The van der Waals surface area contributed by atoms with E-state index < -0.39 is 0 Å². The van der Waals surface area contributed by atoms with Crippen LogP contribution in [0.2, 0.25) is 5.02 Å². The van der Waals surface area contributed by atoms with Crippen molar-refractivity contribution >= 4 is 28.3 Å². The number of benzene rings is 3. The minimum absolute atomic E-state index is 0.0747. The third-order valence-corrected chi connectivity index (χ3v) is 6.16. The summed E-state index contributed by atoms with van der Waals surface area (Å²) in [5.41, 5.74) is 1.18. The van der Waals surface area contributed by atoms with Crippen LogP contribution >= 0.6 is 11.6 Å². The summed E-state index contributed by atoms with van der Waals surface area (Å²) in [4.78, 5) is 17.1. The Morgan fingerprint density at radius 3 is 2.52 bits per heavy atom. The maximum atomic E-state index is 12.9. The summed E-state index contributed by atoms with van der Waals surface area (Å²) in [6, 6.07) is 25.6. The van der Waals surface area contributed by atoms with Crippen molar-refractivity contribution in [3.8, 4) is 5.75 Å². The molecule has 4 aromatic rings. The summed E-state index contributed by atoms with van der Waals surface area (Å²) in [6.45, 7) is 4.08. The van der Waals surface area contributed by atoms with Gasteiger partial charge >= 0.3 is 0 Å². The zero-order valence-corrected chi connectivity index (χ0v) is 19.0. The highest BCUT2D eigenvalue weighted by atomic mass is 35.5. The lowest BCUT2D eigenvalue weighted by molar-refractivity contribution is 0.0594. The standard InChI is InChI=1S/C27H25ClN2O3/c28-23-7-3-4-20(16-23)18-29-12-14-30(15-13-29)27(31)26-11-10-25(33-26)19-32-24-9-8-21-5-1-2-6-22(21)17-24/h1-11,16-17H,12-15,18-19H2. The van der Waals surface area contributed by atoms with Gasteiger partial charge in [0.2, 0.25) is 0 Å². The topological polar surface area (TPSA) is 45.9 Å². The molecule has 0 N–H and O–H groups in total. The van der Waals surface area contributed by atoms with Crippen LogP contribution < -0.4 is 4.74 Å². The number of rotatable bonds is 6. The molecule has 1 fully saturated rings. The molecule has 1 aliphatic heterocycles. The molecule has 0 aliphatic carbocycles. The zero-order chi connectivity index (χ0) is 22.6. The summed E-state index contributed by atoms with van der Waals surface area (Å²) in [5.74, 6) is 1.68. The number of carbonyl (C=O) groups excluding carboxylic acids is 1. The molecule has 5 nitrogen and oxygen atoms in total. The van der Waals surface area contributed by atoms with E-state index >= 15 is 0 Å². The zero-order valence-electron chi connectivity index (χ0n) is 18.2. The molecule has 1 aromatic heterocycles. The average Bonchev–Trinajstić information content (AvgIpc) is 3.32. The molecule has 1 aliphatic rings. The Morgan fingerprint density at radius 2 is 1.70 bits per heavy atom. The summed E-state index contributed by atoms with van der Waals surface area (Å²) < 4.78 is 11.7. The van der Waals surface area contributed by atoms with Gasteiger partial charge in [0.1, 0.15) is 18.1 Å². The fraction of sp³-hybridized carbons (Fsp3) is 0.222. The average molecular weight is 461 g/mol. The van der Waals surface area contributed by atoms with Crippen LogP contribution in [-0.4, -0.2) is 41.9 Å². The van der Waals surface area contributed by atoms with Crippen molar-refractivity contribution in [1.82, 2.24) is 9.80 Å². The van der Waals surface area contributed by atoms with E-state index in [1.807, 2.05) is 59.5 Å². The van der Waals surface area contributed by atoms with Crippen LogP contribution in [-0.2, 0) is 13.2 Å². The van der Waals surface area contributed by atoms with Crippen molar-refractivity contribution < 1.29 is 13.9 Å². The van der Waals surface area contributed by atoms with Gasteiger partial charge in [-0.2, -0.15) is 0 Å². The minimum Gasteiger partial charge on any atom is -0.486 e. The predicted molar refractivity (Wildman–Crippen MR) is 130 cm³/mol. The van der Waals surface area contributed by atoms with Crippen LogP contribution in [0.1, 0.15) is 21.9 Å². The number of hydrogen-bond acceptors (Lipinski definition) is 4. The Labute approximate surface area is 198 Å². The van der Waals surface area contributed by atoms with Gasteiger partial charge in [0.25, 0.3) is 5.91 Å². The van der Waals surface area contributed by atoms with Crippen molar-refractivity contribution in [3.05, 3.63) is 101 Å². The highest BCUT2D eigenvalue weighted by molar-refractivity contribution is 6.30. The fourth-order valence-corrected chi connectivity index (χ4v) is 4.35. The van der Waals surface area contributed by atoms with Crippen LogP contribution in [0, 0.1) is 0 Å². The maximum absolute atomic E-state index is 12.9. The van der Waals surface area contributed by atoms with Crippen LogP contribution in [0.5, 0.6) is 5.75 Å². The number of ether oxygens (including phenoxy) is 1. The van der Waals surface area contributed by atoms with Crippen molar-refractivity contribution in [3.63, 3.8) is 0 Å². The third kappa shape index (κ3) is 5.21. The van der Waals surface area contributed by atoms with Gasteiger partial charge in [-0.3, -0.25) is 9.69 Å². The molecule has 1 amide bonds. The fourth-order valence-electron chi connectivity index (χ4n) is 4.14. The first-order valence-electron chi connectivity index (χ1n) is 11.1. The van der Waals surface area contributed by atoms with E-state index in [0.29, 0.717) is 24.6 Å². The first kappa shape index (κ1) is 21.6. The van der Waals surface area contributed by atoms with Crippen LogP contribution in [0.4, 0.5) is 0 Å². The van der Waals surface area contributed by atoms with Gasteiger partial charge in [-0.05, 0) is 52.7 Å².